The predicted octanol–water partition coefficient (Wildman–Crippen LogP) is 2.56. The molecule has 9 N–H and O–H groups in total. The Morgan fingerprint density at radius 2 is 1.15 bits per heavy atom. The van der Waals surface area contributed by atoms with Gasteiger partial charge in [-0.05, 0) is 35.4 Å². The number of hydrogen-bond donors (Lipinski definition) is 6. The van der Waals surface area contributed by atoms with E-state index in [0.29, 0.717) is 30.0 Å². The van der Waals surface area contributed by atoms with Gasteiger partial charge in [0.25, 0.3) is 17.7 Å². The Balaban J connectivity index is 0.000000222. The van der Waals surface area contributed by atoms with Crippen molar-refractivity contribution < 1.29 is 14.4 Å². The molecule has 0 bridgehead atoms. The van der Waals surface area contributed by atoms with Crippen LogP contribution in [-0.4, -0.2) is 51.8 Å². The van der Waals surface area contributed by atoms with Crippen molar-refractivity contribution in [2.45, 2.75) is 13.1 Å². The van der Waals surface area contributed by atoms with Gasteiger partial charge in [-0.2, -0.15) is 0 Å². The van der Waals surface area contributed by atoms with E-state index in [-0.39, 0.29) is 34.8 Å². The van der Waals surface area contributed by atoms with Gasteiger partial charge in [-0.3, -0.25) is 14.4 Å². The van der Waals surface area contributed by atoms with E-state index >= 15 is 0 Å². The number of rotatable bonds is 8. The molecule has 13 heteroatoms. The third kappa shape index (κ3) is 8.24. The largest absolute Gasteiger partial charge is 0.382 e. The van der Waals surface area contributed by atoms with Crippen molar-refractivity contribution in [1.29, 1.82) is 0 Å². The third-order valence-electron chi connectivity index (χ3n) is 6.66. The van der Waals surface area contributed by atoms with Gasteiger partial charge < -0.3 is 33.2 Å². The van der Waals surface area contributed by atoms with Gasteiger partial charge in [-0.15, -0.1) is 0 Å². The molecule has 2 aromatic heterocycles. The van der Waals surface area contributed by atoms with Gasteiger partial charge in [-0.25, -0.2) is 19.9 Å². The first-order valence-electron chi connectivity index (χ1n) is 14.1. The Bertz CT molecular complexity index is 1850. The quantitative estimate of drug-likeness (QED) is 0.149. The number of benzene rings is 3. The first-order chi connectivity index (χ1) is 22.2. The zero-order chi connectivity index (χ0) is 33.1. The van der Waals surface area contributed by atoms with Crippen LogP contribution in [0.15, 0.2) is 91.3 Å². The standard InChI is InChI=1S/C20H19N5O2.C13H15N5O/c1-22-20(27)17-18(21)23-12-16(25-17)15-9-5-6-13(10-15)11-24-19(26)14-7-3-2-4-8-14;1-16-13(19)11-12(15)17-7-10(18-11)9-4-2-3-8(5-9)6-14/h2-10,12H,11H2,1H3,(H2,21,23)(H,22,27)(H,24,26);2-5,7H,6,14H2,1H3,(H2,15,17)(H,16,19). The van der Waals surface area contributed by atoms with E-state index in [4.69, 9.17) is 17.2 Å². The molecule has 3 amide bonds. The van der Waals surface area contributed by atoms with E-state index in [1.54, 1.807) is 12.1 Å². The second-order valence-electron chi connectivity index (χ2n) is 9.79. The number of aromatic nitrogens is 4. The average molecular weight is 619 g/mol. The van der Waals surface area contributed by atoms with Crippen molar-refractivity contribution in [3.63, 3.8) is 0 Å². The molecule has 13 nitrogen and oxygen atoms in total. The Kier molecular flexibility index (Phi) is 11.0. The Hall–Kier alpha value is -6.21. The van der Waals surface area contributed by atoms with Crippen molar-refractivity contribution in [3.05, 3.63) is 119 Å². The summed E-state index contributed by atoms with van der Waals surface area (Å²) in [5, 5.41) is 7.86. The van der Waals surface area contributed by atoms with E-state index in [9.17, 15) is 14.4 Å². The van der Waals surface area contributed by atoms with Crippen LogP contribution in [0.2, 0.25) is 0 Å². The highest BCUT2D eigenvalue weighted by Crippen LogP contribution is 2.21. The minimum atomic E-state index is -0.395. The van der Waals surface area contributed by atoms with Crippen LogP contribution < -0.4 is 33.2 Å². The second-order valence-corrected chi connectivity index (χ2v) is 9.79. The van der Waals surface area contributed by atoms with Gasteiger partial charge in [0, 0.05) is 43.9 Å². The summed E-state index contributed by atoms with van der Waals surface area (Å²) in [5.74, 6) is -0.715. The molecule has 0 aliphatic carbocycles. The predicted molar refractivity (Wildman–Crippen MR) is 176 cm³/mol. The normalized spacial score (nSPS) is 10.2. The van der Waals surface area contributed by atoms with Gasteiger partial charge in [0.05, 0.1) is 23.8 Å². The molecule has 46 heavy (non-hydrogen) atoms. The lowest BCUT2D eigenvalue weighted by Gasteiger charge is -2.09. The number of amides is 3. The molecule has 0 unspecified atom stereocenters. The first kappa shape index (κ1) is 32.7. The van der Waals surface area contributed by atoms with Crippen LogP contribution in [0, 0.1) is 0 Å². The fraction of sp³-hybridized carbons (Fsp3) is 0.121. The summed E-state index contributed by atoms with van der Waals surface area (Å²) >= 11 is 0. The minimum Gasteiger partial charge on any atom is -0.382 e. The molecule has 2 heterocycles. The van der Waals surface area contributed by atoms with Crippen LogP contribution in [0.25, 0.3) is 22.5 Å². The van der Waals surface area contributed by atoms with Crippen LogP contribution in [0.5, 0.6) is 0 Å². The van der Waals surface area contributed by atoms with Gasteiger partial charge in [0.2, 0.25) is 0 Å². The molecule has 0 atom stereocenters. The maximum atomic E-state index is 12.2. The highest BCUT2D eigenvalue weighted by atomic mass is 16.2. The molecule has 0 radical (unpaired) electrons. The molecular formula is C33H34N10O3. The van der Waals surface area contributed by atoms with Crippen LogP contribution in [0.1, 0.15) is 42.5 Å². The van der Waals surface area contributed by atoms with Crippen molar-refractivity contribution >= 4 is 29.4 Å². The summed E-state index contributed by atoms with van der Waals surface area (Å²) in [4.78, 5) is 52.3. The number of hydrogen-bond acceptors (Lipinski definition) is 10. The van der Waals surface area contributed by atoms with Crippen molar-refractivity contribution in [1.82, 2.24) is 35.9 Å². The second kappa shape index (κ2) is 15.5. The van der Waals surface area contributed by atoms with E-state index in [1.165, 1.54) is 26.5 Å². The number of anilines is 2. The number of nitrogens with one attached hydrogen (secondary N) is 3. The zero-order valence-electron chi connectivity index (χ0n) is 25.3. The Labute approximate surface area is 265 Å². The topological polar surface area (TPSA) is 217 Å². The number of carbonyl (C=O) groups is 3. The smallest absolute Gasteiger partial charge is 0.273 e. The van der Waals surface area contributed by atoms with Gasteiger partial charge in [-0.1, -0.05) is 54.6 Å². The summed E-state index contributed by atoms with van der Waals surface area (Å²) in [6, 6.07) is 24.1. The maximum absolute atomic E-state index is 12.2. The lowest BCUT2D eigenvalue weighted by Crippen LogP contribution is -2.22. The summed E-state index contributed by atoms with van der Waals surface area (Å²) in [6.45, 7) is 0.810. The fourth-order valence-corrected chi connectivity index (χ4v) is 4.22. The van der Waals surface area contributed by atoms with E-state index in [2.05, 4.69) is 35.9 Å². The van der Waals surface area contributed by atoms with Crippen molar-refractivity contribution in [2.75, 3.05) is 25.6 Å². The lowest BCUT2D eigenvalue weighted by molar-refractivity contribution is 0.0945. The molecule has 234 valence electrons. The van der Waals surface area contributed by atoms with Crippen LogP contribution in [0.3, 0.4) is 0 Å². The lowest BCUT2D eigenvalue weighted by atomic mass is 10.1. The monoisotopic (exact) mass is 618 g/mol. The molecule has 0 aliphatic rings. The number of nitrogens with two attached hydrogens (primary N) is 3. The summed E-state index contributed by atoms with van der Waals surface area (Å²) in [6.07, 6.45) is 3.06. The van der Waals surface area contributed by atoms with Gasteiger partial charge in [0.15, 0.2) is 23.0 Å². The van der Waals surface area contributed by atoms with Gasteiger partial charge in [0.1, 0.15) is 0 Å². The van der Waals surface area contributed by atoms with Crippen LogP contribution in [-0.2, 0) is 13.1 Å². The molecule has 3 aromatic carbocycles. The number of nitrogen functional groups attached to an aromatic ring is 2. The van der Waals surface area contributed by atoms with Crippen molar-refractivity contribution in [2.24, 2.45) is 5.73 Å². The van der Waals surface area contributed by atoms with Crippen molar-refractivity contribution in [3.8, 4) is 22.5 Å². The fourth-order valence-electron chi connectivity index (χ4n) is 4.22. The third-order valence-corrected chi connectivity index (χ3v) is 6.66. The number of carbonyl (C=O) groups excluding carboxylic acids is 3. The molecule has 0 saturated carbocycles. The molecule has 5 aromatic rings. The average Bonchev–Trinajstić information content (AvgIpc) is 3.11. The van der Waals surface area contributed by atoms with Crippen LogP contribution in [0.4, 0.5) is 11.6 Å². The molecule has 0 aliphatic heterocycles. The van der Waals surface area contributed by atoms with Gasteiger partial charge >= 0.3 is 0 Å². The first-order valence-corrected chi connectivity index (χ1v) is 14.1. The molecule has 0 saturated heterocycles. The number of nitrogens with zero attached hydrogens (tertiary/aromatic N) is 4. The van der Waals surface area contributed by atoms with E-state index in [1.807, 2.05) is 66.7 Å². The van der Waals surface area contributed by atoms with Crippen LogP contribution >= 0.6 is 0 Å². The summed E-state index contributed by atoms with van der Waals surface area (Å²) in [7, 11) is 3.03. The molecule has 0 fully saturated rings. The van der Waals surface area contributed by atoms with E-state index < -0.39 is 5.91 Å². The Morgan fingerprint density at radius 3 is 1.65 bits per heavy atom. The highest BCUT2D eigenvalue weighted by molar-refractivity contribution is 5.97. The maximum Gasteiger partial charge on any atom is 0.273 e. The summed E-state index contributed by atoms with van der Waals surface area (Å²) < 4.78 is 0. The molecular weight excluding hydrogens is 584 g/mol. The zero-order valence-corrected chi connectivity index (χ0v) is 25.3. The minimum absolute atomic E-state index is 0.0735. The van der Waals surface area contributed by atoms with E-state index in [0.717, 1.165) is 22.3 Å². The molecule has 5 rings (SSSR count). The highest BCUT2D eigenvalue weighted by Gasteiger charge is 2.14. The Morgan fingerprint density at radius 1 is 0.652 bits per heavy atom. The SMILES string of the molecule is CNC(=O)c1nc(-c2cccc(CN)c2)cnc1N.CNC(=O)c1nc(-c2cccc(CNC(=O)c3ccccc3)c2)cnc1N. The summed E-state index contributed by atoms with van der Waals surface area (Å²) in [5.41, 5.74) is 22.4. The molecule has 0 spiro atoms.